The molecule has 0 aliphatic carbocycles. The fraction of sp³-hybridized carbons (Fsp3) is 0.238. The lowest BCUT2D eigenvalue weighted by atomic mass is 9.93. The number of aromatic nitrogens is 1. The SMILES string of the molecule is Cc1cc(C(=O)N2CC[C@@H]2c2ccc(F)cc2)c2cccc(C)c2n1. The van der Waals surface area contributed by atoms with E-state index in [9.17, 15) is 9.18 Å². The van der Waals surface area contributed by atoms with E-state index in [4.69, 9.17) is 0 Å². The summed E-state index contributed by atoms with van der Waals surface area (Å²) in [6, 6.07) is 14.2. The van der Waals surface area contributed by atoms with Gasteiger partial charge in [0, 0.05) is 17.6 Å². The average Bonchev–Trinajstić information content (AvgIpc) is 2.56. The van der Waals surface area contributed by atoms with Gasteiger partial charge in [-0.15, -0.1) is 0 Å². The Morgan fingerprint density at radius 2 is 1.92 bits per heavy atom. The third kappa shape index (κ3) is 2.68. The maximum absolute atomic E-state index is 13.2. The first-order chi connectivity index (χ1) is 12.0. The molecule has 2 heterocycles. The molecule has 1 aromatic heterocycles. The highest BCUT2D eigenvalue weighted by atomic mass is 19.1. The summed E-state index contributed by atoms with van der Waals surface area (Å²) >= 11 is 0. The van der Waals surface area contributed by atoms with Crippen molar-refractivity contribution in [2.24, 2.45) is 0 Å². The van der Waals surface area contributed by atoms with E-state index in [0.29, 0.717) is 5.56 Å². The molecule has 0 unspecified atom stereocenters. The highest BCUT2D eigenvalue weighted by Gasteiger charge is 2.34. The zero-order valence-corrected chi connectivity index (χ0v) is 14.3. The Bertz CT molecular complexity index is 966. The van der Waals surface area contributed by atoms with Gasteiger partial charge >= 0.3 is 0 Å². The van der Waals surface area contributed by atoms with E-state index < -0.39 is 0 Å². The maximum atomic E-state index is 13.2. The van der Waals surface area contributed by atoms with Crippen LogP contribution in [0.2, 0.25) is 0 Å². The van der Waals surface area contributed by atoms with Crippen LogP contribution in [0.1, 0.15) is 39.6 Å². The zero-order valence-electron chi connectivity index (χ0n) is 14.3. The molecule has 1 aliphatic heterocycles. The molecule has 1 amide bonds. The minimum atomic E-state index is -0.257. The van der Waals surface area contributed by atoms with Crippen molar-refractivity contribution in [3.05, 3.63) is 76.7 Å². The number of hydrogen-bond acceptors (Lipinski definition) is 2. The number of rotatable bonds is 2. The van der Waals surface area contributed by atoms with Crippen molar-refractivity contribution in [3.8, 4) is 0 Å². The average molecular weight is 334 g/mol. The number of aryl methyl sites for hydroxylation is 2. The van der Waals surface area contributed by atoms with Gasteiger partial charge < -0.3 is 4.90 Å². The van der Waals surface area contributed by atoms with Gasteiger partial charge in [-0.3, -0.25) is 9.78 Å². The van der Waals surface area contributed by atoms with Crippen LogP contribution in [0.4, 0.5) is 4.39 Å². The molecule has 126 valence electrons. The van der Waals surface area contributed by atoms with Crippen molar-refractivity contribution < 1.29 is 9.18 Å². The summed E-state index contributed by atoms with van der Waals surface area (Å²) in [6.07, 6.45) is 0.901. The van der Waals surface area contributed by atoms with Crippen molar-refractivity contribution >= 4 is 16.8 Å². The van der Waals surface area contributed by atoms with Gasteiger partial charge in [-0.2, -0.15) is 0 Å². The Kier molecular flexibility index (Phi) is 3.75. The second kappa shape index (κ2) is 5.96. The summed E-state index contributed by atoms with van der Waals surface area (Å²) in [4.78, 5) is 19.6. The molecule has 0 radical (unpaired) electrons. The van der Waals surface area contributed by atoms with Crippen LogP contribution in [0.25, 0.3) is 10.9 Å². The number of para-hydroxylation sites is 1. The molecular formula is C21H19FN2O. The maximum Gasteiger partial charge on any atom is 0.255 e. The summed E-state index contributed by atoms with van der Waals surface area (Å²) in [5.41, 5.74) is 4.45. The van der Waals surface area contributed by atoms with Crippen LogP contribution < -0.4 is 0 Å². The normalized spacial score (nSPS) is 16.8. The molecule has 2 aromatic carbocycles. The zero-order chi connectivity index (χ0) is 17.6. The summed E-state index contributed by atoms with van der Waals surface area (Å²) in [6.45, 7) is 4.64. The lowest BCUT2D eigenvalue weighted by Gasteiger charge is -2.41. The van der Waals surface area contributed by atoms with E-state index in [1.807, 2.05) is 43.0 Å². The van der Waals surface area contributed by atoms with Gasteiger partial charge in [0.1, 0.15) is 5.82 Å². The van der Waals surface area contributed by atoms with Crippen molar-refractivity contribution in [1.82, 2.24) is 9.88 Å². The first-order valence-electron chi connectivity index (χ1n) is 8.48. The fourth-order valence-corrected chi connectivity index (χ4v) is 3.51. The Morgan fingerprint density at radius 3 is 2.60 bits per heavy atom. The molecule has 25 heavy (non-hydrogen) atoms. The Balaban J connectivity index is 1.73. The number of pyridine rings is 1. The Morgan fingerprint density at radius 1 is 1.16 bits per heavy atom. The van der Waals surface area contributed by atoms with Gasteiger partial charge in [0.2, 0.25) is 0 Å². The minimum Gasteiger partial charge on any atom is -0.331 e. The monoisotopic (exact) mass is 334 g/mol. The lowest BCUT2D eigenvalue weighted by Crippen LogP contribution is -2.45. The summed E-state index contributed by atoms with van der Waals surface area (Å²) in [5.74, 6) is -0.242. The second-order valence-corrected chi connectivity index (χ2v) is 6.64. The summed E-state index contributed by atoms with van der Waals surface area (Å²) < 4.78 is 13.2. The van der Waals surface area contributed by atoms with E-state index in [2.05, 4.69) is 4.98 Å². The highest BCUT2D eigenvalue weighted by Crippen LogP contribution is 2.35. The van der Waals surface area contributed by atoms with E-state index >= 15 is 0 Å². The standard InChI is InChI=1S/C21H19FN2O/c1-13-4-3-5-17-18(12-14(2)23-20(13)17)21(25)24-11-10-19(24)15-6-8-16(22)9-7-15/h3-9,12,19H,10-11H2,1-2H3/t19-/m1/s1. The number of fused-ring (bicyclic) bond motifs is 1. The van der Waals surface area contributed by atoms with Gasteiger partial charge in [0.05, 0.1) is 17.1 Å². The number of hydrogen-bond donors (Lipinski definition) is 0. The van der Waals surface area contributed by atoms with Crippen molar-refractivity contribution in [2.45, 2.75) is 26.3 Å². The predicted molar refractivity (Wildman–Crippen MR) is 96.0 cm³/mol. The molecule has 3 aromatic rings. The Labute approximate surface area is 146 Å². The van der Waals surface area contributed by atoms with E-state index in [1.165, 1.54) is 12.1 Å². The second-order valence-electron chi connectivity index (χ2n) is 6.64. The topological polar surface area (TPSA) is 33.2 Å². The van der Waals surface area contributed by atoms with E-state index in [-0.39, 0.29) is 17.8 Å². The van der Waals surface area contributed by atoms with Crippen molar-refractivity contribution in [1.29, 1.82) is 0 Å². The largest absolute Gasteiger partial charge is 0.331 e. The van der Waals surface area contributed by atoms with Crippen molar-refractivity contribution in [3.63, 3.8) is 0 Å². The third-order valence-electron chi connectivity index (χ3n) is 4.94. The molecule has 1 saturated heterocycles. The number of amides is 1. The van der Waals surface area contributed by atoms with Gasteiger partial charge in [0.25, 0.3) is 5.91 Å². The molecule has 0 spiro atoms. The molecule has 4 rings (SSSR count). The Hall–Kier alpha value is -2.75. The molecule has 1 aliphatic rings. The lowest BCUT2D eigenvalue weighted by molar-refractivity contribution is 0.0462. The van der Waals surface area contributed by atoms with Gasteiger partial charge in [-0.25, -0.2) is 4.39 Å². The number of benzene rings is 2. The van der Waals surface area contributed by atoms with Crippen LogP contribution in [0.3, 0.4) is 0 Å². The third-order valence-corrected chi connectivity index (χ3v) is 4.94. The fourth-order valence-electron chi connectivity index (χ4n) is 3.51. The van der Waals surface area contributed by atoms with Gasteiger partial charge in [0.15, 0.2) is 0 Å². The molecular weight excluding hydrogens is 315 g/mol. The van der Waals surface area contributed by atoms with Gasteiger partial charge in [-0.1, -0.05) is 30.3 Å². The molecule has 1 fully saturated rings. The van der Waals surface area contributed by atoms with Crippen LogP contribution in [0.15, 0.2) is 48.5 Å². The summed E-state index contributed by atoms with van der Waals surface area (Å²) in [5, 5.41) is 0.889. The summed E-state index contributed by atoms with van der Waals surface area (Å²) in [7, 11) is 0. The van der Waals surface area contributed by atoms with Crippen LogP contribution in [-0.4, -0.2) is 22.3 Å². The van der Waals surface area contributed by atoms with E-state index in [1.54, 1.807) is 12.1 Å². The minimum absolute atomic E-state index is 0.0152. The number of likely N-dealkylation sites (tertiary alicyclic amines) is 1. The number of halogens is 1. The smallest absolute Gasteiger partial charge is 0.255 e. The molecule has 0 saturated carbocycles. The van der Waals surface area contributed by atoms with E-state index in [0.717, 1.165) is 40.7 Å². The highest BCUT2D eigenvalue weighted by molar-refractivity contribution is 6.07. The molecule has 1 atom stereocenters. The molecule has 0 N–H and O–H groups in total. The van der Waals surface area contributed by atoms with Crippen LogP contribution in [-0.2, 0) is 0 Å². The van der Waals surface area contributed by atoms with Crippen LogP contribution >= 0.6 is 0 Å². The number of carbonyl (C=O) groups excluding carboxylic acids is 1. The van der Waals surface area contributed by atoms with Crippen LogP contribution in [0, 0.1) is 19.7 Å². The van der Waals surface area contributed by atoms with Crippen LogP contribution in [0.5, 0.6) is 0 Å². The molecule has 0 bridgehead atoms. The number of nitrogens with zero attached hydrogens (tertiary/aromatic N) is 2. The van der Waals surface area contributed by atoms with Gasteiger partial charge in [-0.05, 0) is 49.6 Å². The molecule has 4 heteroatoms. The quantitative estimate of drug-likeness (QED) is 0.687. The van der Waals surface area contributed by atoms with Crippen molar-refractivity contribution in [2.75, 3.05) is 6.54 Å². The first-order valence-corrected chi connectivity index (χ1v) is 8.48. The number of carbonyl (C=O) groups is 1. The predicted octanol–water partition coefficient (Wildman–Crippen LogP) is 4.58. The molecule has 3 nitrogen and oxygen atoms in total. The first kappa shape index (κ1) is 15.8.